The van der Waals surface area contributed by atoms with Gasteiger partial charge in [0.1, 0.15) is 6.10 Å². The first-order valence-corrected chi connectivity index (χ1v) is 4.63. The summed E-state index contributed by atoms with van der Waals surface area (Å²) < 4.78 is 0. The predicted octanol–water partition coefficient (Wildman–Crippen LogP) is 0.674. The van der Waals surface area contributed by atoms with Gasteiger partial charge in [0.05, 0.1) is 0 Å². The monoisotopic (exact) mass is 171 g/mol. The Hall–Kier alpha value is -0.570. The fourth-order valence-electron chi connectivity index (χ4n) is 1.47. The highest BCUT2D eigenvalue weighted by atomic mass is 16.3. The molecule has 0 aromatic carbocycles. The molecular weight excluding hydrogens is 154 g/mol. The smallest absolute Gasteiger partial charge is 0.248 e. The van der Waals surface area contributed by atoms with Gasteiger partial charge in [0, 0.05) is 7.05 Å². The highest BCUT2D eigenvalue weighted by Crippen LogP contribution is 2.30. The maximum absolute atomic E-state index is 10.9. The van der Waals surface area contributed by atoms with E-state index >= 15 is 0 Å². The van der Waals surface area contributed by atoms with E-state index in [9.17, 15) is 9.90 Å². The maximum Gasteiger partial charge on any atom is 0.248 e. The van der Waals surface area contributed by atoms with Gasteiger partial charge >= 0.3 is 0 Å². The number of amides is 1. The Kier molecular flexibility index (Phi) is 3.53. The van der Waals surface area contributed by atoms with Crippen molar-refractivity contribution in [1.29, 1.82) is 0 Å². The van der Waals surface area contributed by atoms with Gasteiger partial charge in [-0.2, -0.15) is 0 Å². The third-order valence-electron chi connectivity index (χ3n) is 2.62. The molecule has 1 fully saturated rings. The molecule has 0 heterocycles. The van der Waals surface area contributed by atoms with Crippen LogP contribution in [0.4, 0.5) is 0 Å². The molecule has 0 aliphatic heterocycles. The molecule has 1 aliphatic carbocycles. The van der Waals surface area contributed by atoms with Crippen LogP contribution in [-0.4, -0.2) is 24.2 Å². The van der Waals surface area contributed by atoms with Crippen LogP contribution in [0.3, 0.4) is 0 Å². The summed E-state index contributed by atoms with van der Waals surface area (Å²) in [6, 6.07) is 0. The van der Waals surface area contributed by atoms with Crippen molar-refractivity contribution < 1.29 is 9.90 Å². The molecule has 1 saturated carbocycles. The molecule has 1 atom stereocenters. The van der Waals surface area contributed by atoms with Crippen LogP contribution in [0.2, 0.25) is 0 Å². The molecule has 3 heteroatoms. The van der Waals surface area contributed by atoms with Crippen LogP contribution < -0.4 is 5.32 Å². The fourth-order valence-corrected chi connectivity index (χ4v) is 1.47. The van der Waals surface area contributed by atoms with Crippen LogP contribution in [0.15, 0.2) is 0 Å². The first-order valence-electron chi connectivity index (χ1n) is 4.63. The van der Waals surface area contributed by atoms with Crippen LogP contribution in [0.25, 0.3) is 0 Å². The molecule has 70 valence electrons. The zero-order chi connectivity index (χ0) is 8.97. The van der Waals surface area contributed by atoms with E-state index in [0.29, 0.717) is 6.42 Å². The Balaban J connectivity index is 2.08. The van der Waals surface area contributed by atoms with E-state index in [1.165, 1.54) is 19.3 Å². The molecule has 0 aromatic rings. The normalized spacial score (nSPS) is 19.8. The van der Waals surface area contributed by atoms with Gasteiger partial charge in [-0.3, -0.25) is 4.79 Å². The largest absolute Gasteiger partial charge is 0.383 e. The van der Waals surface area contributed by atoms with E-state index in [2.05, 4.69) is 5.32 Å². The number of hydrogen-bond acceptors (Lipinski definition) is 2. The Morgan fingerprint density at radius 1 is 1.67 bits per heavy atom. The molecule has 0 saturated heterocycles. The molecule has 0 spiro atoms. The quantitative estimate of drug-likeness (QED) is 0.653. The van der Waals surface area contributed by atoms with Gasteiger partial charge < -0.3 is 10.4 Å². The molecule has 1 aliphatic rings. The minimum atomic E-state index is -0.796. The summed E-state index contributed by atoms with van der Waals surface area (Å²) in [7, 11) is 1.55. The minimum Gasteiger partial charge on any atom is -0.383 e. The van der Waals surface area contributed by atoms with Crippen molar-refractivity contribution in [3.05, 3.63) is 0 Å². The van der Waals surface area contributed by atoms with E-state index in [0.717, 1.165) is 12.3 Å². The molecule has 1 amide bonds. The minimum absolute atomic E-state index is 0.255. The second-order valence-corrected chi connectivity index (χ2v) is 3.50. The second kappa shape index (κ2) is 4.45. The number of nitrogens with one attached hydrogen (secondary N) is 1. The summed E-state index contributed by atoms with van der Waals surface area (Å²) in [5.41, 5.74) is 0. The number of aliphatic hydroxyl groups excluding tert-OH is 1. The van der Waals surface area contributed by atoms with Crippen LogP contribution in [0.5, 0.6) is 0 Å². The molecule has 2 N–H and O–H groups in total. The van der Waals surface area contributed by atoms with E-state index in [1.54, 1.807) is 7.05 Å². The van der Waals surface area contributed by atoms with Crippen LogP contribution in [0, 0.1) is 5.92 Å². The average molecular weight is 171 g/mol. The third kappa shape index (κ3) is 2.48. The van der Waals surface area contributed by atoms with E-state index in [4.69, 9.17) is 0 Å². The van der Waals surface area contributed by atoms with Gasteiger partial charge in [0.25, 0.3) is 0 Å². The summed E-state index contributed by atoms with van der Waals surface area (Å²) in [5, 5.41) is 11.7. The SMILES string of the molecule is CNC(=O)[C@H](O)CCC1CCC1. The highest BCUT2D eigenvalue weighted by molar-refractivity contribution is 5.79. The predicted molar refractivity (Wildman–Crippen MR) is 46.6 cm³/mol. The fraction of sp³-hybridized carbons (Fsp3) is 0.889. The Morgan fingerprint density at radius 3 is 2.75 bits per heavy atom. The number of aliphatic hydroxyl groups is 1. The molecule has 1 rings (SSSR count). The van der Waals surface area contributed by atoms with Crippen molar-refractivity contribution in [2.24, 2.45) is 5.92 Å². The lowest BCUT2D eigenvalue weighted by Crippen LogP contribution is -2.32. The number of carbonyl (C=O) groups excluding carboxylic acids is 1. The molecule has 0 bridgehead atoms. The zero-order valence-corrected chi connectivity index (χ0v) is 7.55. The molecule has 3 nitrogen and oxygen atoms in total. The van der Waals surface area contributed by atoms with E-state index in [1.807, 2.05) is 0 Å². The topological polar surface area (TPSA) is 49.3 Å². The van der Waals surface area contributed by atoms with E-state index < -0.39 is 6.10 Å². The third-order valence-corrected chi connectivity index (χ3v) is 2.62. The standard InChI is InChI=1S/C9H17NO2/c1-10-9(12)8(11)6-5-7-3-2-4-7/h7-8,11H,2-6H2,1H3,(H,10,12)/t8-/m1/s1. The number of hydrogen-bond donors (Lipinski definition) is 2. The van der Waals surface area contributed by atoms with Crippen LogP contribution >= 0.6 is 0 Å². The van der Waals surface area contributed by atoms with E-state index in [-0.39, 0.29) is 5.91 Å². The van der Waals surface area contributed by atoms with Gasteiger partial charge in [-0.1, -0.05) is 19.3 Å². The van der Waals surface area contributed by atoms with Gasteiger partial charge in [-0.25, -0.2) is 0 Å². The Bertz CT molecular complexity index is 155. The Morgan fingerprint density at radius 2 is 2.33 bits per heavy atom. The van der Waals surface area contributed by atoms with Gasteiger partial charge in [-0.15, -0.1) is 0 Å². The second-order valence-electron chi connectivity index (χ2n) is 3.50. The van der Waals surface area contributed by atoms with Crippen LogP contribution in [0.1, 0.15) is 32.1 Å². The van der Waals surface area contributed by atoms with Gasteiger partial charge in [0.15, 0.2) is 0 Å². The first kappa shape index (κ1) is 9.52. The summed E-state index contributed by atoms with van der Waals surface area (Å²) in [6.45, 7) is 0. The van der Waals surface area contributed by atoms with Gasteiger partial charge in [-0.05, 0) is 18.8 Å². The lowest BCUT2D eigenvalue weighted by molar-refractivity contribution is -0.129. The zero-order valence-electron chi connectivity index (χ0n) is 7.55. The maximum atomic E-state index is 10.9. The molecular formula is C9H17NO2. The molecule has 0 aromatic heterocycles. The summed E-state index contributed by atoms with van der Waals surface area (Å²) in [4.78, 5) is 10.9. The summed E-state index contributed by atoms with van der Waals surface area (Å²) in [6.07, 6.45) is 4.69. The van der Waals surface area contributed by atoms with Crippen molar-refractivity contribution in [2.75, 3.05) is 7.05 Å². The lowest BCUT2D eigenvalue weighted by Gasteiger charge is -2.25. The Labute approximate surface area is 73.2 Å². The number of likely N-dealkylation sites (N-methyl/N-ethyl adjacent to an activating group) is 1. The summed E-state index contributed by atoms with van der Waals surface area (Å²) in [5.74, 6) is 0.513. The van der Waals surface area contributed by atoms with Crippen molar-refractivity contribution in [1.82, 2.24) is 5.32 Å². The van der Waals surface area contributed by atoms with Gasteiger partial charge in [0.2, 0.25) is 5.91 Å². The number of carbonyl (C=O) groups is 1. The lowest BCUT2D eigenvalue weighted by atomic mass is 9.81. The molecule has 12 heavy (non-hydrogen) atoms. The number of rotatable bonds is 4. The van der Waals surface area contributed by atoms with Crippen LogP contribution in [-0.2, 0) is 4.79 Å². The average Bonchev–Trinajstić information content (AvgIpc) is 2.00. The molecule has 0 unspecified atom stereocenters. The van der Waals surface area contributed by atoms with Crippen molar-refractivity contribution in [3.63, 3.8) is 0 Å². The summed E-state index contributed by atoms with van der Waals surface area (Å²) >= 11 is 0. The van der Waals surface area contributed by atoms with Crippen molar-refractivity contribution in [2.45, 2.75) is 38.2 Å². The highest BCUT2D eigenvalue weighted by Gasteiger charge is 2.20. The van der Waals surface area contributed by atoms with Crippen molar-refractivity contribution >= 4 is 5.91 Å². The van der Waals surface area contributed by atoms with Crippen molar-refractivity contribution in [3.8, 4) is 0 Å². The first-order chi connectivity index (χ1) is 5.74. The molecule has 0 radical (unpaired) electrons.